The maximum atomic E-state index is 10.8. The summed E-state index contributed by atoms with van der Waals surface area (Å²) < 4.78 is 11.0. The van der Waals surface area contributed by atoms with Crippen molar-refractivity contribution >= 4 is 5.91 Å². The highest BCUT2D eigenvalue weighted by Gasteiger charge is 2.34. The number of ether oxygens (including phenoxy) is 2. The van der Waals surface area contributed by atoms with Crippen LogP contribution in [0.4, 0.5) is 0 Å². The Bertz CT molecular complexity index is 402. The summed E-state index contributed by atoms with van der Waals surface area (Å²) in [4.78, 5) is 18.8. The Morgan fingerprint density at radius 1 is 1.50 bits per heavy atom. The van der Waals surface area contributed by atoms with E-state index in [1.54, 1.807) is 0 Å². The molecule has 0 bridgehead atoms. The summed E-state index contributed by atoms with van der Waals surface area (Å²) in [7, 11) is 0. The second-order valence-electron chi connectivity index (χ2n) is 4.01. The highest BCUT2D eigenvalue weighted by Crippen LogP contribution is 2.31. The fourth-order valence-electron chi connectivity index (χ4n) is 1.46. The van der Waals surface area contributed by atoms with E-state index in [4.69, 9.17) is 15.2 Å². The Morgan fingerprint density at radius 2 is 2.25 bits per heavy atom. The Labute approximate surface area is 92.8 Å². The molecule has 1 aliphatic rings. The van der Waals surface area contributed by atoms with Crippen LogP contribution in [-0.2, 0) is 9.47 Å². The smallest absolute Gasteiger partial charge is 0.268 e. The van der Waals surface area contributed by atoms with Gasteiger partial charge in [-0.15, -0.1) is 0 Å². The van der Waals surface area contributed by atoms with Crippen LogP contribution in [0, 0.1) is 0 Å². The Morgan fingerprint density at radius 3 is 2.69 bits per heavy atom. The van der Waals surface area contributed by atoms with Crippen LogP contribution in [0.15, 0.2) is 12.4 Å². The van der Waals surface area contributed by atoms with Crippen LogP contribution in [0.3, 0.4) is 0 Å². The number of carbonyl (C=O) groups excluding carboxylic acids is 1. The summed E-state index contributed by atoms with van der Waals surface area (Å²) in [6.07, 6.45) is 2.58. The molecule has 0 aliphatic carbocycles. The molecule has 0 unspecified atom stereocenters. The SMILES string of the molecule is CC1(C)OC[C@H](c2cnc(C(N)=O)cn2)O1. The maximum Gasteiger partial charge on any atom is 0.268 e. The van der Waals surface area contributed by atoms with E-state index in [1.165, 1.54) is 12.4 Å². The molecule has 1 aromatic rings. The first-order chi connectivity index (χ1) is 7.48. The zero-order valence-electron chi connectivity index (χ0n) is 9.14. The summed E-state index contributed by atoms with van der Waals surface area (Å²) in [5.74, 6) is -1.20. The third-order valence-electron chi connectivity index (χ3n) is 2.26. The highest BCUT2D eigenvalue weighted by atomic mass is 16.7. The molecule has 0 saturated carbocycles. The molecule has 86 valence electrons. The Balaban J connectivity index is 2.14. The zero-order chi connectivity index (χ0) is 11.8. The van der Waals surface area contributed by atoms with Gasteiger partial charge in [0.2, 0.25) is 0 Å². The lowest BCUT2D eigenvalue weighted by molar-refractivity contribution is -0.139. The number of primary amides is 1. The molecule has 2 heterocycles. The number of aromatic nitrogens is 2. The van der Waals surface area contributed by atoms with Gasteiger partial charge in [0.15, 0.2) is 5.79 Å². The largest absolute Gasteiger partial charge is 0.364 e. The summed E-state index contributed by atoms with van der Waals surface area (Å²) in [5.41, 5.74) is 5.84. The summed E-state index contributed by atoms with van der Waals surface area (Å²) in [5, 5.41) is 0. The van der Waals surface area contributed by atoms with Crippen molar-refractivity contribution in [2.45, 2.75) is 25.7 Å². The van der Waals surface area contributed by atoms with E-state index in [0.717, 1.165) is 0 Å². The van der Waals surface area contributed by atoms with Crippen LogP contribution in [0.25, 0.3) is 0 Å². The van der Waals surface area contributed by atoms with Crippen LogP contribution in [0.1, 0.15) is 36.1 Å². The number of hydrogen-bond acceptors (Lipinski definition) is 5. The van der Waals surface area contributed by atoms with Gasteiger partial charge in [0, 0.05) is 0 Å². The van der Waals surface area contributed by atoms with Crippen molar-refractivity contribution in [2.75, 3.05) is 6.61 Å². The molecule has 0 aromatic carbocycles. The van der Waals surface area contributed by atoms with E-state index < -0.39 is 11.7 Å². The third kappa shape index (κ3) is 2.17. The molecule has 1 aliphatic heterocycles. The quantitative estimate of drug-likeness (QED) is 0.784. The summed E-state index contributed by atoms with van der Waals surface area (Å²) in [6, 6.07) is 0. The van der Waals surface area contributed by atoms with Crippen molar-refractivity contribution in [3.05, 3.63) is 23.8 Å². The average molecular weight is 223 g/mol. The minimum Gasteiger partial charge on any atom is -0.364 e. The molecule has 0 spiro atoms. The fraction of sp³-hybridized carbons (Fsp3) is 0.500. The van der Waals surface area contributed by atoms with E-state index in [9.17, 15) is 4.79 Å². The van der Waals surface area contributed by atoms with Crippen LogP contribution >= 0.6 is 0 Å². The number of rotatable bonds is 2. The molecule has 16 heavy (non-hydrogen) atoms. The van der Waals surface area contributed by atoms with E-state index in [0.29, 0.717) is 12.3 Å². The number of carbonyl (C=O) groups is 1. The Kier molecular flexibility index (Phi) is 2.61. The Hall–Kier alpha value is -1.53. The summed E-state index contributed by atoms with van der Waals surface area (Å²) >= 11 is 0. The fourth-order valence-corrected chi connectivity index (χ4v) is 1.46. The lowest BCUT2D eigenvalue weighted by atomic mass is 10.3. The van der Waals surface area contributed by atoms with Crippen molar-refractivity contribution in [1.29, 1.82) is 0 Å². The van der Waals surface area contributed by atoms with Crippen LogP contribution < -0.4 is 5.73 Å². The normalized spacial score (nSPS) is 23.2. The molecule has 1 atom stereocenters. The van der Waals surface area contributed by atoms with E-state index in [2.05, 4.69) is 9.97 Å². The van der Waals surface area contributed by atoms with Crippen molar-refractivity contribution in [1.82, 2.24) is 9.97 Å². The second-order valence-corrected chi connectivity index (χ2v) is 4.01. The average Bonchev–Trinajstić information content (AvgIpc) is 2.59. The van der Waals surface area contributed by atoms with Gasteiger partial charge in [-0.1, -0.05) is 0 Å². The molecule has 1 saturated heterocycles. The number of amides is 1. The number of nitrogens with zero attached hydrogens (tertiary/aromatic N) is 2. The van der Waals surface area contributed by atoms with Crippen molar-refractivity contribution < 1.29 is 14.3 Å². The molecule has 6 nitrogen and oxygen atoms in total. The molecule has 1 amide bonds. The van der Waals surface area contributed by atoms with Crippen molar-refractivity contribution in [3.8, 4) is 0 Å². The van der Waals surface area contributed by atoms with Crippen LogP contribution in [0.5, 0.6) is 0 Å². The van der Waals surface area contributed by atoms with E-state index in [-0.39, 0.29) is 11.8 Å². The molecule has 6 heteroatoms. The first-order valence-corrected chi connectivity index (χ1v) is 4.91. The third-order valence-corrected chi connectivity index (χ3v) is 2.26. The first-order valence-electron chi connectivity index (χ1n) is 4.91. The minimum atomic E-state index is -0.602. The van der Waals surface area contributed by atoms with Gasteiger partial charge in [0.05, 0.1) is 24.7 Å². The minimum absolute atomic E-state index is 0.141. The van der Waals surface area contributed by atoms with Gasteiger partial charge in [-0.2, -0.15) is 0 Å². The molecule has 2 N–H and O–H groups in total. The van der Waals surface area contributed by atoms with Crippen molar-refractivity contribution in [2.24, 2.45) is 5.73 Å². The maximum absolute atomic E-state index is 10.8. The van der Waals surface area contributed by atoms with Gasteiger partial charge >= 0.3 is 0 Å². The molecule has 2 rings (SSSR count). The van der Waals surface area contributed by atoms with E-state index >= 15 is 0 Å². The number of nitrogens with two attached hydrogens (primary N) is 1. The van der Waals surface area contributed by atoms with Gasteiger partial charge in [-0.25, -0.2) is 4.98 Å². The first kappa shape index (κ1) is 11.0. The topological polar surface area (TPSA) is 87.3 Å². The van der Waals surface area contributed by atoms with E-state index in [1.807, 2.05) is 13.8 Å². The lowest BCUT2D eigenvalue weighted by Crippen LogP contribution is -2.20. The molecular formula is C10H13N3O3. The lowest BCUT2D eigenvalue weighted by Gasteiger charge is -2.16. The van der Waals surface area contributed by atoms with Crippen LogP contribution in [-0.4, -0.2) is 28.3 Å². The predicted octanol–water partition coefficient (Wildman–Crippen LogP) is 0.400. The van der Waals surface area contributed by atoms with Gasteiger partial charge in [0.25, 0.3) is 5.91 Å². The zero-order valence-corrected chi connectivity index (χ0v) is 9.14. The second kappa shape index (κ2) is 3.80. The molecular weight excluding hydrogens is 210 g/mol. The predicted molar refractivity (Wildman–Crippen MR) is 54.4 cm³/mol. The van der Waals surface area contributed by atoms with Crippen molar-refractivity contribution in [3.63, 3.8) is 0 Å². The standard InChI is InChI=1S/C10H13N3O3/c1-10(2)15-5-8(16-10)6-3-13-7(4-12-6)9(11)14/h3-4,8H,5H2,1-2H3,(H2,11,14)/t8-/m1/s1. The molecule has 1 fully saturated rings. The summed E-state index contributed by atoms with van der Waals surface area (Å²) in [6.45, 7) is 4.09. The monoisotopic (exact) mass is 223 g/mol. The highest BCUT2D eigenvalue weighted by molar-refractivity contribution is 5.90. The van der Waals surface area contributed by atoms with Gasteiger partial charge in [-0.05, 0) is 13.8 Å². The van der Waals surface area contributed by atoms with Gasteiger partial charge in [-0.3, -0.25) is 9.78 Å². The number of hydrogen-bond donors (Lipinski definition) is 1. The van der Waals surface area contributed by atoms with Crippen LogP contribution in [0.2, 0.25) is 0 Å². The van der Waals surface area contributed by atoms with Gasteiger partial charge in [0.1, 0.15) is 11.8 Å². The molecule has 0 radical (unpaired) electrons. The molecule has 1 aromatic heterocycles. The van der Waals surface area contributed by atoms with Gasteiger partial charge < -0.3 is 15.2 Å².